The van der Waals surface area contributed by atoms with Crippen LogP contribution in [0.2, 0.25) is 5.02 Å². The van der Waals surface area contributed by atoms with Crippen LogP contribution in [0.5, 0.6) is 0 Å². The Morgan fingerprint density at radius 1 is 0.776 bits per heavy atom. The van der Waals surface area contributed by atoms with Crippen LogP contribution in [-0.2, 0) is 27.9 Å². The van der Waals surface area contributed by atoms with E-state index < -0.39 is 31.2 Å². The fourth-order valence-electron chi connectivity index (χ4n) is 6.89. The van der Waals surface area contributed by atoms with Crippen molar-refractivity contribution >= 4 is 66.9 Å². The highest BCUT2D eigenvalue weighted by Gasteiger charge is 2.48. The zero-order valence-electron chi connectivity index (χ0n) is 31.7. The minimum Gasteiger partial charge on any atom is -0.383 e. The van der Waals surface area contributed by atoms with Crippen LogP contribution in [0.1, 0.15) is 5.69 Å². The Morgan fingerprint density at radius 2 is 1.45 bits per heavy atom. The lowest BCUT2D eigenvalue weighted by Crippen LogP contribution is -2.46. The zero-order chi connectivity index (χ0) is 41.0. The molecule has 8 nitrogen and oxygen atoms in total. The molecular weight excluding hydrogens is 823 g/mol. The zero-order valence-corrected chi connectivity index (χ0v) is 34.9. The minimum absolute atomic E-state index is 0.111. The van der Waals surface area contributed by atoms with Crippen molar-refractivity contribution in [1.82, 2.24) is 4.57 Å². The Hall–Kier alpha value is -4.89. The predicted molar refractivity (Wildman–Crippen MR) is 232 cm³/mol. The smallest absolute Gasteiger partial charge is 0.383 e. The van der Waals surface area contributed by atoms with Gasteiger partial charge in [0.05, 0.1) is 16.3 Å². The number of halogens is 4. The standard InChI is InChI=1S/C43H41ClF3N5O3S3/c1-30-27-39(42(50(30)2)31-11-13-33(44)14-12-31)32-7-6-8-36(28-32)52-24-22-51(23-25-52)35-17-15-34(16-18-35)49-57(53)38-19-20-40(41(29-38)58(54,55)43(45,46)47)48-21-26-56-37-9-4-3-5-10-37/h3-20,27-29,48-49H,21-26H2,1-2H3. The summed E-state index contributed by atoms with van der Waals surface area (Å²) in [5, 5.41) is 3.51. The second-order valence-electron chi connectivity index (χ2n) is 13.8. The molecule has 0 radical (unpaired) electrons. The van der Waals surface area contributed by atoms with E-state index in [0.29, 0.717) is 16.5 Å². The van der Waals surface area contributed by atoms with Gasteiger partial charge in [-0.05, 0) is 103 Å². The van der Waals surface area contributed by atoms with Gasteiger partial charge in [0, 0.05) is 83.8 Å². The normalized spacial score (nSPS) is 14.0. The lowest BCUT2D eigenvalue weighted by atomic mass is 10.0. The van der Waals surface area contributed by atoms with Gasteiger partial charge >= 0.3 is 5.51 Å². The van der Waals surface area contributed by atoms with Crippen LogP contribution in [0, 0.1) is 6.92 Å². The summed E-state index contributed by atoms with van der Waals surface area (Å²) in [4.78, 5) is 4.52. The van der Waals surface area contributed by atoms with Gasteiger partial charge in [0.2, 0.25) is 0 Å². The maximum atomic E-state index is 13.7. The highest BCUT2D eigenvalue weighted by Crippen LogP contribution is 2.38. The molecule has 2 N–H and O–H groups in total. The van der Waals surface area contributed by atoms with Gasteiger partial charge in [0.15, 0.2) is 0 Å². The van der Waals surface area contributed by atoms with Crippen LogP contribution in [0.25, 0.3) is 22.4 Å². The van der Waals surface area contributed by atoms with E-state index in [0.717, 1.165) is 76.6 Å². The number of sulfone groups is 1. The molecule has 0 spiro atoms. The van der Waals surface area contributed by atoms with Gasteiger partial charge in [-0.1, -0.05) is 54.1 Å². The van der Waals surface area contributed by atoms with E-state index in [4.69, 9.17) is 11.6 Å². The number of rotatable bonds is 13. The Labute approximate surface area is 348 Å². The molecule has 2 heterocycles. The van der Waals surface area contributed by atoms with E-state index in [9.17, 15) is 25.8 Å². The Kier molecular flexibility index (Phi) is 12.5. The maximum absolute atomic E-state index is 13.7. The van der Waals surface area contributed by atoms with Crippen molar-refractivity contribution in [2.75, 3.05) is 58.3 Å². The molecule has 1 aliphatic rings. The molecule has 0 saturated carbocycles. The van der Waals surface area contributed by atoms with Crippen LogP contribution >= 0.6 is 23.4 Å². The maximum Gasteiger partial charge on any atom is 0.501 e. The number of alkyl halides is 3. The number of aromatic nitrogens is 1. The summed E-state index contributed by atoms with van der Waals surface area (Å²) in [6.45, 7) is 5.44. The predicted octanol–water partition coefficient (Wildman–Crippen LogP) is 10.3. The van der Waals surface area contributed by atoms with Crippen LogP contribution in [0.15, 0.2) is 142 Å². The lowest BCUT2D eigenvalue weighted by molar-refractivity contribution is -0.0435. The third-order valence-corrected chi connectivity index (χ3v) is 13.9. The molecule has 5 aromatic carbocycles. The van der Waals surface area contributed by atoms with Gasteiger partial charge in [0.1, 0.15) is 15.9 Å². The van der Waals surface area contributed by atoms with Crippen molar-refractivity contribution in [3.8, 4) is 22.4 Å². The van der Waals surface area contributed by atoms with Gasteiger partial charge in [-0.2, -0.15) is 13.2 Å². The van der Waals surface area contributed by atoms with Gasteiger partial charge in [-0.15, -0.1) is 11.8 Å². The molecule has 302 valence electrons. The largest absolute Gasteiger partial charge is 0.501 e. The average Bonchev–Trinajstić information content (AvgIpc) is 3.53. The number of anilines is 4. The molecule has 0 bridgehead atoms. The number of nitrogens with zero attached hydrogens (tertiary/aromatic N) is 3. The van der Waals surface area contributed by atoms with Crippen LogP contribution in [-0.4, -0.2) is 61.2 Å². The van der Waals surface area contributed by atoms with E-state index in [1.165, 1.54) is 23.9 Å². The summed E-state index contributed by atoms with van der Waals surface area (Å²) in [6, 6.07) is 38.8. The summed E-state index contributed by atoms with van der Waals surface area (Å²) >= 11 is 7.66. The number of hydrogen-bond donors (Lipinski definition) is 2. The fourth-order valence-corrected chi connectivity index (χ4v) is 9.73. The van der Waals surface area contributed by atoms with E-state index in [1.54, 1.807) is 12.1 Å². The van der Waals surface area contributed by atoms with E-state index in [2.05, 4.69) is 68.7 Å². The molecule has 1 aromatic heterocycles. The monoisotopic (exact) mass is 863 g/mol. The fraction of sp³-hybridized carbons (Fsp3) is 0.209. The first kappa shape index (κ1) is 41.3. The number of benzene rings is 5. The van der Waals surface area contributed by atoms with Gasteiger partial charge < -0.3 is 24.4 Å². The Morgan fingerprint density at radius 3 is 2.12 bits per heavy atom. The topological polar surface area (TPSA) is 86.7 Å². The molecule has 15 heteroatoms. The Balaban J connectivity index is 0.985. The highest BCUT2D eigenvalue weighted by molar-refractivity contribution is 7.99. The summed E-state index contributed by atoms with van der Waals surface area (Å²) in [6.07, 6.45) is 0. The molecule has 1 atom stereocenters. The van der Waals surface area contributed by atoms with Crippen molar-refractivity contribution < 1.29 is 25.8 Å². The number of nitrogens with one attached hydrogen (secondary N) is 2. The van der Waals surface area contributed by atoms with E-state index in [1.807, 2.05) is 66.7 Å². The van der Waals surface area contributed by atoms with Gasteiger partial charge in [-0.3, -0.25) is 0 Å². The second kappa shape index (κ2) is 17.5. The number of thioether (sulfide) groups is 1. The molecule has 1 saturated heterocycles. The molecule has 7 rings (SSSR count). The van der Waals surface area contributed by atoms with Gasteiger partial charge in [-0.25, -0.2) is 12.6 Å². The third kappa shape index (κ3) is 9.20. The number of aryl methyl sites for hydroxylation is 1. The highest BCUT2D eigenvalue weighted by atomic mass is 35.5. The molecule has 0 amide bonds. The summed E-state index contributed by atoms with van der Waals surface area (Å²) < 4.78 is 84.8. The lowest BCUT2D eigenvalue weighted by Gasteiger charge is -2.37. The van der Waals surface area contributed by atoms with Crippen molar-refractivity contribution in [3.05, 3.63) is 138 Å². The summed E-state index contributed by atoms with van der Waals surface area (Å²) in [5.74, 6) is 0.478. The van der Waals surface area contributed by atoms with Crippen molar-refractivity contribution in [1.29, 1.82) is 0 Å². The molecular formula is C43H41ClF3N5O3S3. The first-order chi connectivity index (χ1) is 27.8. The quantitative estimate of drug-likeness (QED) is 0.0883. The van der Waals surface area contributed by atoms with E-state index in [-0.39, 0.29) is 17.1 Å². The molecule has 1 unspecified atom stereocenters. The van der Waals surface area contributed by atoms with Crippen LogP contribution in [0.3, 0.4) is 0 Å². The number of piperazine rings is 1. The van der Waals surface area contributed by atoms with Crippen molar-refractivity contribution in [3.63, 3.8) is 0 Å². The molecule has 6 aromatic rings. The Bertz CT molecular complexity index is 2510. The van der Waals surface area contributed by atoms with E-state index >= 15 is 0 Å². The first-order valence-corrected chi connectivity index (χ1v) is 22.5. The third-order valence-electron chi connectivity index (χ3n) is 10.0. The van der Waals surface area contributed by atoms with Crippen molar-refractivity contribution in [2.24, 2.45) is 7.05 Å². The summed E-state index contributed by atoms with van der Waals surface area (Å²) in [5.41, 5.74) is 2.50. The van der Waals surface area contributed by atoms with Crippen LogP contribution < -0.4 is 19.8 Å². The van der Waals surface area contributed by atoms with Crippen molar-refractivity contribution in [2.45, 2.75) is 27.1 Å². The SMILES string of the molecule is Cc1cc(-c2cccc(N3CCN(c4ccc(NS(=O)c5ccc(NCCSc6ccccc6)c(S(=O)(=O)C(F)(F)F)c5)cc4)CC3)c2)c(-c2ccc(Cl)cc2)n1C. The average molecular weight is 864 g/mol. The minimum atomic E-state index is -5.74. The number of hydrogen-bond acceptors (Lipinski definition) is 7. The van der Waals surface area contributed by atoms with Gasteiger partial charge in [0.25, 0.3) is 9.84 Å². The molecule has 1 fully saturated rings. The second-order valence-corrected chi connectivity index (χ2v) is 18.5. The first-order valence-electron chi connectivity index (χ1n) is 18.5. The van der Waals surface area contributed by atoms with Crippen LogP contribution in [0.4, 0.5) is 35.9 Å². The summed E-state index contributed by atoms with van der Waals surface area (Å²) in [7, 11) is -5.72. The molecule has 1 aliphatic heterocycles. The molecule has 58 heavy (non-hydrogen) atoms. The molecule has 0 aliphatic carbocycles.